The minimum Gasteiger partial charge on any atom is -0.155 e. The average Bonchev–Trinajstić information content (AvgIpc) is 2.64. The molecule has 1 heterocycles. The summed E-state index contributed by atoms with van der Waals surface area (Å²) in [5.41, 5.74) is 4.42. The molecule has 0 saturated heterocycles. The van der Waals surface area contributed by atoms with E-state index in [4.69, 9.17) is 0 Å². The van der Waals surface area contributed by atoms with Crippen LogP contribution in [0.5, 0.6) is 0 Å². The van der Waals surface area contributed by atoms with Gasteiger partial charge in [-0.2, -0.15) is 10.2 Å². The van der Waals surface area contributed by atoms with Gasteiger partial charge in [-0.1, -0.05) is 34.6 Å². The van der Waals surface area contributed by atoms with Gasteiger partial charge in [0.1, 0.15) is 0 Å². The second kappa shape index (κ2) is 3.09. The fourth-order valence-electron chi connectivity index (χ4n) is 3.70. The van der Waals surface area contributed by atoms with Crippen LogP contribution in [-0.2, 0) is 5.41 Å². The van der Waals surface area contributed by atoms with Gasteiger partial charge in [0.15, 0.2) is 0 Å². The number of rotatable bonds is 0. The molecule has 1 aromatic rings. The van der Waals surface area contributed by atoms with Crippen molar-refractivity contribution in [2.45, 2.75) is 64.7 Å². The van der Waals surface area contributed by atoms with Crippen molar-refractivity contribution in [1.82, 2.24) is 10.2 Å². The van der Waals surface area contributed by atoms with Crippen LogP contribution in [0.25, 0.3) is 0 Å². The number of hydrogen-bond donors (Lipinski definition) is 0. The van der Waals surface area contributed by atoms with Gasteiger partial charge in [-0.25, -0.2) is 0 Å². The maximum atomic E-state index is 4.55. The Labute approximate surface area is 104 Å². The zero-order valence-corrected chi connectivity index (χ0v) is 11.5. The molecule has 3 rings (SSSR count). The van der Waals surface area contributed by atoms with Crippen molar-refractivity contribution in [3.63, 3.8) is 0 Å². The first-order valence-electron chi connectivity index (χ1n) is 6.70. The fourth-order valence-corrected chi connectivity index (χ4v) is 3.70. The smallest absolute Gasteiger partial charge is 0.0702 e. The second-order valence-electron chi connectivity index (χ2n) is 7.32. The normalized spacial score (nSPS) is 29.5. The zero-order valence-electron chi connectivity index (χ0n) is 11.5. The molecule has 0 N–H and O–H groups in total. The van der Waals surface area contributed by atoms with Crippen molar-refractivity contribution < 1.29 is 0 Å². The molecular weight excluding hydrogens is 208 g/mol. The van der Waals surface area contributed by atoms with E-state index in [0.717, 1.165) is 5.69 Å². The predicted octanol–water partition coefficient (Wildman–Crippen LogP) is 3.77. The summed E-state index contributed by atoms with van der Waals surface area (Å²) < 4.78 is 0. The maximum absolute atomic E-state index is 4.55. The SMILES string of the molecule is CC(C)(C)c1cc2c(nn1)[C@H]1CC[C@@H]2C1(C)C. The molecule has 2 heteroatoms. The lowest BCUT2D eigenvalue weighted by Gasteiger charge is -2.23. The molecular formula is C15H22N2. The molecule has 1 saturated carbocycles. The molecule has 2 atom stereocenters. The van der Waals surface area contributed by atoms with Gasteiger partial charge >= 0.3 is 0 Å². The van der Waals surface area contributed by atoms with Gasteiger partial charge in [-0.3, -0.25) is 0 Å². The molecule has 2 aliphatic carbocycles. The van der Waals surface area contributed by atoms with Gasteiger partial charge in [0.05, 0.1) is 11.4 Å². The standard InChI is InChI=1S/C15H22N2/c1-14(2,3)12-8-9-10-6-7-11(15(10,4)5)13(9)17-16-12/h8,10-11H,6-7H2,1-5H3/t10-,11+/m0/s1. The molecule has 0 amide bonds. The van der Waals surface area contributed by atoms with Crippen molar-refractivity contribution in [1.29, 1.82) is 0 Å². The molecule has 0 spiro atoms. The second-order valence-corrected chi connectivity index (χ2v) is 7.32. The van der Waals surface area contributed by atoms with E-state index in [-0.39, 0.29) is 5.41 Å². The molecule has 0 radical (unpaired) electrons. The number of nitrogens with zero attached hydrogens (tertiary/aromatic N) is 2. The largest absolute Gasteiger partial charge is 0.155 e. The molecule has 1 aromatic heterocycles. The van der Waals surface area contributed by atoms with Crippen LogP contribution in [0.4, 0.5) is 0 Å². The van der Waals surface area contributed by atoms with Gasteiger partial charge in [-0.05, 0) is 35.8 Å². The van der Waals surface area contributed by atoms with E-state index in [1.165, 1.54) is 24.1 Å². The van der Waals surface area contributed by atoms with Gasteiger partial charge < -0.3 is 0 Å². The molecule has 2 aliphatic rings. The topological polar surface area (TPSA) is 25.8 Å². The summed E-state index contributed by atoms with van der Waals surface area (Å²) in [6.07, 6.45) is 2.63. The van der Waals surface area contributed by atoms with Gasteiger partial charge in [0.2, 0.25) is 0 Å². The van der Waals surface area contributed by atoms with E-state index in [1.54, 1.807) is 0 Å². The molecule has 2 bridgehead atoms. The Balaban J connectivity index is 2.12. The van der Waals surface area contributed by atoms with Crippen molar-refractivity contribution in [3.8, 4) is 0 Å². The Morgan fingerprint density at radius 2 is 1.76 bits per heavy atom. The summed E-state index contributed by atoms with van der Waals surface area (Å²) in [7, 11) is 0. The predicted molar refractivity (Wildman–Crippen MR) is 69.2 cm³/mol. The highest BCUT2D eigenvalue weighted by Crippen LogP contribution is 2.63. The summed E-state index contributed by atoms with van der Waals surface area (Å²) in [6.45, 7) is 11.4. The summed E-state index contributed by atoms with van der Waals surface area (Å²) in [5, 5.41) is 9.01. The minimum absolute atomic E-state index is 0.105. The number of hydrogen-bond acceptors (Lipinski definition) is 2. The first-order valence-corrected chi connectivity index (χ1v) is 6.70. The molecule has 2 nitrogen and oxygen atoms in total. The maximum Gasteiger partial charge on any atom is 0.0702 e. The van der Waals surface area contributed by atoms with E-state index in [2.05, 4.69) is 50.9 Å². The highest BCUT2D eigenvalue weighted by molar-refractivity contribution is 5.41. The van der Waals surface area contributed by atoms with Crippen molar-refractivity contribution in [2.24, 2.45) is 5.41 Å². The van der Waals surface area contributed by atoms with Crippen LogP contribution in [0, 0.1) is 5.41 Å². The van der Waals surface area contributed by atoms with Gasteiger partial charge in [-0.15, -0.1) is 0 Å². The minimum atomic E-state index is 0.105. The quantitative estimate of drug-likeness (QED) is 0.678. The first kappa shape index (κ1) is 11.2. The Hall–Kier alpha value is -0.920. The lowest BCUT2D eigenvalue weighted by Crippen LogP contribution is -2.16. The molecule has 0 aromatic carbocycles. The Bertz CT molecular complexity index is 468. The fraction of sp³-hybridized carbons (Fsp3) is 0.733. The van der Waals surface area contributed by atoms with Crippen LogP contribution < -0.4 is 0 Å². The summed E-state index contributed by atoms with van der Waals surface area (Å²) >= 11 is 0. The van der Waals surface area contributed by atoms with Gasteiger partial charge in [0, 0.05) is 11.3 Å². The molecule has 17 heavy (non-hydrogen) atoms. The van der Waals surface area contributed by atoms with Crippen molar-refractivity contribution in [3.05, 3.63) is 23.0 Å². The molecule has 0 aliphatic heterocycles. The van der Waals surface area contributed by atoms with Gasteiger partial charge in [0.25, 0.3) is 0 Å². The van der Waals surface area contributed by atoms with E-state index in [9.17, 15) is 0 Å². The van der Waals surface area contributed by atoms with Crippen molar-refractivity contribution >= 4 is 0 Å². The van der Waals surface area contributed by atoms with Crippen LogP contribution in [0.1, 0.15) is 76.2 Å². The lowest BCUT2D eigenvalue weighted by molar-refractivity contribution is 0.323. The molecule has 92 valence electrons. The first-order chi connectivity index (χ1) is 7.82. The number of fused-ring (bicyclic) bond motifs is 5. The Kier molecular flexibility index (Phi) is 2.04. The van der Waals surface area contributed by atoms with E-state index < -0.39 is 0 Å². The van der Waals surface area contributed by atoms with Crippen LogP contribution >= 0.6 is 0 Å². The Morgan fingerprint density at radius 3 is 2.41 bits per heavy atom. The summed E-state index contributed by atoms with van der Waals surface area (Å²) in [6, 6.07) is 2.33. The van der Waals surface area contributed by atoms with E-state index in [1.807, 2.05) is 0 Å². The molecule has 0 unspecified atom stereocenters. The van der Waals surface area contributed by atoms with E-state index in [0.29, 0.717) is 17.3 Å². The summed E-state index contributed by atoms with van der Waals surface area (Å²) in [4.78, 5) is 0. The van der Waals surface area contributed by atoms with E-state index >= 15 is 0 Å². The zero-order chi connectivity index (χ0) is 12.4. The van der Waals surface area contributed by atoms with Crippen LogP contribution in [0.2, 0.25) is 0 Å². The third kappa shape index (κ3) is 1.39. The van der Waals surface area contributed by atoms with Crippen LogP contribution in [0.15, 0.2) is 6.07 Å². The third-order valence-electron chi connectivity index (χ3n) is 4.87. The highest BCUT2D eigenvalue weighted by Gasteiger charge is 2.52. The monoisotopic (exact) mass is 230 g/mol. The van der Waals surface area contributed by atoms with Crippen molar-refractivity contribution in [2.75, 3.05) is 0 Å². The number of aromatic nitrogens is 2. The Morgan fingerprint density at radius 1 is 1.12 bits per heavy atom. The average molecular weight is 230 g/mol. The molecule has 1 fully saturated rings. The van der Waals surface area contributed by atoms with Crippen LogP contribution in [-0.4, -0.2) is 10.2 Å². The lowest BCUT2D eigenvalue weighted by atomic mass is 9.80. The third-order valence-corrected chi connectivity index (χ3v) is 4.87. The summed E-state index contributed by atoms with van der Waals surface area (Å²) in [5.74, 6) is 1.35. The highest BCUT2D eigenvalue weighted by atomic mass is 15.1. The van der Waals surface area contributed by atoms with Crippen LogP contribution in [0.3, 0.4) is 0 Å².